The van der Waals surface area contributed by atoms with Crippen LogP contribution < -0.4 is 15.1 Å². The number of nitrogens with one attached hydrogen (secondary N) is 1. The summed E-state index contributed by atoms with van der Waals surface area (Å²) in [6, 6.07) is 2.55. The number of amides is 1. The maximum atomic E-state index is 12.5. The van der Waals surface area contributed by atoms with Crippen LogP contribution in [0, 0.1) is 5.92 Å². The van der Waals surface area contributed by atoms with Crippen molar-refractivity contribution in [3.8, 4) is 0 Å². The summed E-state index contributed by atoms with van der Waals surface area (Å²) >= 11 is 0. The second-order valence-corrected chi connectivity index (χ2v) is 8.03. The van der Waals surface area contributed by atoms with E-state index in [1.165, 1.54) is 32.1 Å². The van der Waals surface area contributed by atoms with E-state index in [1.54, 1.807) is 6.33 Å². The topological polar surface area (TPSA) is 61.4 Å². The summed E-state index contributed by atoms with van der Waals surface area (Å²) in [6.07, 6.45) is 12.2. The van der Waals surface area contributed by atoms with Gasteiger partial charge in [-0.25, -0.2) is 9.97 Å². The Balaban J connectivity index is 1.32. The lowest BCUT2D eigenvalue weighted by Gasteiger charge is -2.33. The van der Waals surface area contributed by atoms with Crippen molar-refractivity contribution in [3.63, 3.8) is 0 Å². The van der Waals surface area contributed by atoms with E-state index in [0.717, 1.165) is 63.5 Å². The van der Waals surface area contributed by atoms with Crippen LogP contribution in [0.5, 0.6) is 0 Å². The van der Waals surface area contributed by atoms with Gasteiger partial charge in [-0.3, -0.25) is 4.79 Å². The molecule has 1 aliphatic carbocycles. The third-order valence-electron chi connectivity index (χ3n) is 6.21. The van der Waals surface area contributed by atoms with Crippen molar-refractivity contribution in [1.29, 1.82) is 0 Å². The molecule has 0 bridgehead atoms. The van der Waals surface area contributed by atoms with E-state index < -0.39 is 0 Å². The molecule has 4 rings (SSSR count). The molecule has 3 fully saturated rings. The Bertz CT molecular complexity index is 602. The minimum Gasteiger partial charge on any atom is -0.356 e. The lowest BCUT2D eigenvalue weighted by atomic mass is 9.95. The quantitative estimate of drug-likeness (QED) is 0.898. The number of nitrogens with zero attached hydrogens (tertiary/aromatic N) is 4. The van der Waals surface area contributed by atoms with Gasteiger partial charge in [0.25, 0.3) is 0 Å². The van der Waals surface area contributed by atoms with Crippen molar-refractivity contribution < 1.29 is 4.79 Å². The second-order valence-electron chi connectivity index (χ2n) is 8.03. The SMILES string of the molecule is O=C(NC1CCCC1)C1CCN(c2cc(N3CCCCC3)ncn2)CC1. The number of hydrogen-bond acceptors (Lipinski definition) is 5. The molecule has 26 heavy (non-hydrogen) atoms. The predicted molar refractivity (Wildman–Crippen MR) is 103 cm³/mol. The maximum absolute atomic E-state index is 12.5. The summed E-state index contributed by atoms with van der Waals surface area (Å²) in [5.74, 6) is 2.49. The Morgan fingerprint density at radius 1 is 0.846 bits per heavy atom. The van der Waals surface area contributed by atoms with Crippen molar-refractivity contribution in [2.75, 3.05) is 36.0 Å². The van der Waals surface area contributed by atoms with Crippen molar-refractivity contribution in [3.05, 3.63) is 12.4 Å². The molecule has 2 aliphatic heterocycles. The second kappa shape index (κ2) is 8.23. The van der Waals surface area contributed by atoms with Crippen LogP contribution >= 0.6 is 0 Å². The van der Waals surface area contributed by atoms with Gasteiger partial charge in [0.05, 0.1) is 0 Å². The highest BCUT2D eigenvalue weighted by atomic mass is 16.1. The number of anilines is 2. The Hall–Kier alpha value is -1.85. The van der Waals surface area contributed by atoms with Crippen LogP contribution in [0.4, 0.5) is 11.6 Å². The standard InChI is InChI=1S/C20H31N5O/c26-20(23-17-6-2-3-7-17)16-8-12-25(13-9-16)19-14-18(21-15-22-19)24-10-4-1-5-11-24/h14-17H,1-13H2,(H,23,26). The molecule has 1 saturated carbocycles. The first-order valence-corrected chi connectivity index (χ1v) is 10.4. The average Bonchev–Trinajstić information content (AvgIpc) is 3.22. The smallest absolute Gasteiger partial charge is 0.223 e. The monoisotopic (exact) mass is 357 g/mol. The van der Waals surface area contributed by atoms with Gasteiger partial charge in [-0.1, -0.05) is 12.8 Å². The number of rotatable bonds is 4. The Kier molecular flexibility index (Phi) is 5.56. The van der Waals surface area contributed by atoms with Crippen LogP contribution in [0.2, 0.25) is 0 Å². The van der Waals surface area contributed by atoms with Crippen LogP contribution in [-0.4, -0.2) is 48.1 Å². The minimum atomic E-state index is 0.162. The van der Waals surface area contributed by atoms with Gasteiger partial charge in [0.2, 0.25) is 5.91 Å². The molecule has 0 atom stereocenters. The summed E-state index contributed by atoms with van der Waals surface area (Å²) in [7, 11) is 0. The van der Waals surface area contributed by atoms with Gasteiger partial charge in [-0.05, 0) is 44.9 Å². The molecule has 0 spiro atoms. The van der Waals surface area contributed by atoms with Gasteiger partial charge >= 0.3 is 0 Å². The molecule has 1 aromatic rings. The molecule has 6 heteroatoms. The van der Waals surface area contributed by atoms with Crippen LogP contribution in [0.1, 0.15) is 57.8 Å². The van der Waals surface area contributed by atoms with E-state index >= 15 is 0 Å². The molecule has 1 amide bonds. The van der Waals surface area contributed by atoms with Crippen molar-refractivity contribution in [2.45, 2.75) is 63.8 Å². The number of carbonyl (C=O) groups excluding carboxylic acids is 1. The third kappa shape index (κ3) is 4.10. The van der Waals surface area contributed by atoms with Crippen LogP contribution in [0.3, 0.4) is 0 Å². The molecule has 142 valence electrons. The van der Waals surface area contributed by atoms with E-state index in [-0.39, 0.29) is 11.8 Å². The lowest BCUT2D eigenvalue weighted by Crippen LogP contribution is -2.43. The van der Waals surface area contributed by atoms with Crippen LogP contribution in [0.25, 0.3) is 0 Å². The van der Waals surface area contributed by atoms with E-state index in [1.807, 2.05) is 0 Å². The molecule has 1 aromatic heterocycles. The predicted octanol–water partition coefficient (Wildman–Crippen LogP) is 2.74. The average molecular weight is 358 g/mol. The highest BCUT2D eigenvalue weighted by Gasteiger charge is 2.28. The molecular weight excluding hydrogens is 326 g/mol. The lowest BCUT2D eigenvalue weighted by molar-refractivity contribution is -0.126. The Morgan fingerprint density at radius 2 is 1.46 bits per heavy atom. The molecule has 2 saturated heterocycles. The van der Waals surface area contributed by atoms with Gasteiger partial charge < -0.3 is 15.1 Å². The van der Waals surface area contributed by atoms with Gasteiger partial charge in [0.15, 0.2) is 0 Å². The first kappa shape index (κ1) is 17.6. The Labute approximate surface area is 156 Å². The molecule has 3 heterocycles. The number of hydrogen-bond donors (Lipinski definition) is 1. The summed E-state index contributed by atoms with van der Waals surface area (Å²) in [4.78, 5) is 26.2. The molecule has 0 unspecified atom stereocenters. The fourth-order valence-electron chi connectivity index (χ4n) is 4.57. The third-order valence-corrected chi connectivity index (χ3v) is 6.21. The highest BCUT2D eigenvalue weighted by Crippen LogP contribution is 2.26. The summed E-state index contributed by atoms with van der Waals surface area (Å²) in [6.45, 7) is 4.00. The van der Waals surface area contributed by atoms with E-state index in [0.29, 0.717) is 6.04 Å². The van der Waals surface area contributed by atoms with Crippen LogP contribution in [-0.2, 0) is 4.79 Å². The first-order valence-electron chi connectivity index (χ1n) is 10.4. The van der Waals surface area contributed by atoms with E-state index in [4.69, 9.17) is 0 Å². The fraction of sp³-hybridized carbons (Fsp3) is 0.750. The van der Waals surface area contributed by atoms with E-state index in [2.05, 4.69) is 31.2 Å². The fourth-order valence-corrected chi connectivity index (χ4v) is 4.57. The number of aromatic nitrogens is 2. The maximum Gasteiger partial charge on any atom is 0.223 e. The number of carbonyl (C=O) groups is 1. The van der Waals surface area contributed by atoms with Crippen molar-refractivity contribution in [2.24, 2.45) is 5.92 Å². The van der Waals surface area contributed by atoms with Crippen LogP contribution in [0.15, 0.2) is 12.4 Å². The zero-order chi connectivity index (χ0) is 17.8. The number of piperidine rings is 2. The molecule has 6 nitrogen and oxygen atoms in total. The van der Waals surface area contributed by atoms with Gasteiger partial charge in [0.1, 0.15) is 18.0 Å². The zero-order valence-electron chi connectivity index (χ0n) is 15.7. The van der Waals surface area contributed by atoms with Gasteiger partial charge in [0, 0.05) is 44.2 Å². The minimum absolute atomic E-state index is 0.162. The van der Waals surface area contributed by atoms with Gasteiger partial charge in [-0.15, -0.1) is 0 Å². The molecule has 3 aliphatic rings. The van der Waals surface area contributed by atoms with Crippen molar-refractivity contribution in [1.82, 2.24) is 15.3 Å². The highest BCUT2D eigenvalue weighted by molar-refractivity contribution is 5.79. The molecule has 0 aromatic carbocycles. The zero-order valence-corrected chi connectivity index (χ0v) is 15.7. The summed E-state index contributed by atoms with van der Waals surface area (Å²) < 4.78 is 0. The van der Waals surface area contributed by atoms with Gasteiger partial charge in [-0.2, -0.15) is 0 Å². The molecular formula is C20H31N5O. The molecule has 0 radical (unpaired) electrons. The van der Waals surface area contributed by atoms with E-state index in [9.17, 15) is 4.79 Å². The first-order chi connectivity index (χ1) is 12.8. The largest absolute Gasteiger partial charge is 0.356 e. The Morgan fingerprint density at radius 3 is 2.12 bits per heavy atom. The summed E-state index contributed by atoms with van der Waals surface area (Å²) in [5, 5.41) is 3.27. The normalized spacial score (nSPS) is 22.6. The molecule has 1 N–H and O–H groups in total. The van der Waals surface area contributed by atoms with Crippen molar-refractivity contribution >= 4 is 17.5 Å². The summed E-state index contributed by atoms with van der Waals surface area (Å²) in [5.41, 5.74) is 0.